The second-order valence-corrected chi connectivity index (χ2v) is 5.70. The molecule has 19 heavy (non-hydrogen) atoms. The SMILES string of the molecule is CNC(=O)CN(C)C(=O)/C(C)=C\C1CCC(C)CC1. The lowest BCUT2D eigenvalue weighted by Crippen LogP contribution is -2.37. The fourth-order valence-corrected chi connectivity index (χ4v) is 2.54. The van der Waals surface area contributed by atoms with E-state index in [1.54, 1.807) is 14.1 Å². The maximum absolute atomic E-state index is 12.1. The molecule has 0 aromatic carbocycles. The van der Waals surface area contributed by atoms with E-state index in [4.69, 9.17) is 0 Å². The third kappa shape index (κ3) is 5.05. The summed E-state index contributed by atoms with van der Waals surface area (Å²) < 4.78 is 0. The van der Waals surface area contributed by atoms with E-state index in [9.17, 15) is 9.59 Å². The zero-order valence-corrected chi connectivity index (χ0v) is 12.5. The van der Waals surface area contributed by atoms with E-state index in [2.05, 4.69) is 18.3 Å². The van der Waals surface area contributed by atoms with E-state index in [1.807, 2.05) is 6.92 Å². The monoisotopic (exact) mass is 266 g/mol. The molecule has 0 heterocycles. The van der Waals surface area contributed by atoms with E-state index < -0.39 is 0 Å². The van der Waals surface area contributed by atoms with Crippen LogP contribution in [-0.2, 0) is 9.59 Å². The van der Waals surface area contributed by atoms with Gasteiger partial charge in [0.1, 0.15) is 0 Å². The maximum Gasteiger partial charge on any atom is 0.249 e. The summed E-state index contributed by atoms with van der Waals surface area (Å²) in [7, 11) is 3.24. The average molecular weight is 266 g/mol. The molecule has 2 amide bonds. The summed E-state index contributed by atoms with van der Waals surface area (Å²) in [4.78, 5) is 24.8. The van der Waals surface area contributed by atoms with Gasteiger partial charge in [0.25, 0.3) is 0 Å². The minimum absolute atomic E-state index is 0.0535. The van der Waals surface area contributed by atoms with Crippen LogP contribution in [0.1, 0.15) is 39.5 Å². The van der Waals surface area contributed by atoms with E-state index in [0.29, 0.717) is 5.92 Å². The summed E-state index contributed by atoms with van der Waals surface area (Å²) in [5.74, 6) is 1.14. The molecule has 1 N–H and O–H groups in total. The number of allylic oxidation sites excluding steroid dienone is 1. The van der Waals surface area contributed by atoms with Crippen LogP contribution < -0.4 is 5.32 Å². The third-order valence-electron chi connectivity index (χ3n) is 3.89. The molecule has 0 unspecified atom stereocenters. The molecule has 4 nitrogen and oxygen atoms in total. The minimum atomic E-state index is -0.143. The van der Waals surface area contributed by atoms with Crippen LogP contribution in [0.5, 0.6) is 0 Å². The van der Waals surface area contributed by atoms with Crippen molar-refractivity contribution in [1.29, 1.82) is 0 Å². The summed E-state index contributed by atoms with van der Waals surface area (Å²) in [6, 6.07) is 0. The molecule has 1 rings (SSSR count). The average Bonchev–Trinajstić information content (AvgIpc) is 2.40. The van der Waals surface area contributed by atoms with Gasteiger partial charge in [-0.3, -0.25) is 9.59 Å². The first kappa shape index (κ1) is 15.7. The molecule has 1 fully saturated rings. The number of carbonyl (C=O) groups excluding carboxylic acids is 2. The summed E-state index contributed by atoms with van der Waals surface area (Å²) in [5, 5.41) is 2.52. The van der Waals surface area contributed by atoms with Crippen molar-refractivity contribution in [2.24, 2.45) is 11.8 Å². The summed E-state index contributed by atoms with van der Waals surface area (Å²) in [6.45, 7) is 4.25. The van der Waals surface area contributed by atoms with Crippen LogP contribution in [0.25, 0.3) is 0 Å². The number of amides is 2. The molecule has 0 radical (unpaired) electrons. The third-order valence-corrected chi connectivity index (χ3v) is 3.89. The van der Waals surface area contributed by atoms with Gasteiger partial charge in [-0.1, -0.05) is 25.8 Å². The molecular formula is C15H26N2O2. The number of hydrogen-bond donors (Lipinski definition) is 1. The van der Waals surface area contributed by atoms with E-state index in [1.165, 1.54) is 30.6 Å². The number of hydrogen-bond acceptors (Lipinski definition) is 2. The molecule has 0 aromatic rings. The number of rotatable bonds is 4. The fraction of sp³-hybridized carbons (Fsp3) is 0.733. The number of nitrogens with zero attached hydrogens (tertiary/aromatic N) is 1. The number of likely N-dealkylation sites (N-methyl/N-ethyl adjacent to an activating group) is 2. The largest absolute Gasteiger partial charge is 0.358 e. The first-order chi connectivity index (χ1) is 8.93. The Morgan fingerprint density at radius 2 is 1.84 bits per heavy atom. The van der Waals surface area contributed by atoms with Crippen LogP contribution in [0, 0.1) is 11.8 Å². The van der Waals surface area contributed by atoms with Gasteiger partial charge in [-0.15, -0.1) is 0 Å². The highest BCUT2D eigenvalue weighted by Gasteiger charge is 2.19. The first-order valence-corrected chi connectivity index (χ1v) is 7.08. The molecule has 0 atom stereocenters. The second kappa shape index (κ2) is 7.31. The molecule has 1 saturated carbocycles. The van der Waals surface area contributed by atoms with Gasteiger partial charge < -0.3 is 10.2 Å². The Bertz CT molecular complexity index is 355. The Morgan fingerprint density at radius 1 is 1.26 bits per heavy atom. The van der Waals surface area contributed by atoms with Crippen molar-refractivity contribution >= 4 is 11.8 Å². The predicted octanol–water partition coefficient (Wildman–Crippen LogP) is 1.96. The molecule has 0 aromatic heterocycles. The Hall–Kier alpha value is -1.32. The Kier molecular flexibility index (Phi) is 6.06. The highest BCUT2D eigenvalue weighted by Crippen LogP contribution is 2.29. The molecule has 0 spiro atoms. The normalized spacial score (nSPS) is 23.9. The minimum Gasteiger partial charge on any atom is -0.358 e. The summed E-state index contributed by atoms with van der Waals surface area (Å²) in [5.41, 5.74) is 0.756. The lowest BCUT2D eigenvalue weighted by atomic mass is 9.82. The first-order valence-electron chi connectivity index (χ1n) is 7.08. The molecule has 1 aliphatic carbocycles. The molecule has 0 saturated heterocycles. The zero-order chi connectivity index (χ0) is 14.4. The number of carbonyl (C=O) groups is 2. The predicted molar refractivity (Wildman–Crippen MR) is 76.6 cm³/mol. The van der Waals surface area contributed by atoms with Gasteiger partial charge in [0.05, 0.1) is 6.54 Å². The van der Waals surface area contributed by atoms with Gasteiger partial charge in [0, 0.05) is 19.7 Å². The lowest BCUT2D eigenvalue weighted by Gasteiger charge is -2.24. The lowest BCUT2D eigenvalue weighted by molar-refractivity contribution is -0.131. The second-order valence-electron chi connectivity index (χ2n) is 5.70. The van der Waals surface area contributed by atoms with Gasteiger partial charge >= 0.3 is 0 Å². The van der Waals surface area contributed by atoms with Crippen molar-refractivity contribution in [3.63, 3.8) is 0 Å². The molecule has 0 aliphatic heterocycles. The molecule has 4 heteroatoms. The Balaban J connectivity index is 2.53. The topological polar surface area (TPSA) is 49.4 Å². The van der Waals surface area contributed by atoms with Crippen LogP contribution >= 0.6 is 0 Å². The zero-order valence-electron chi connectivity index (χ0n) is 12.5. The van der Waals surface area contributed by atoms with Gasteiger partial charge in [-0.2, -0.15) is 0 Å². The van der Waals surface area contributed by atoms with Crippen LogP contribution in [0.15, 0.2) is 11.6 Å². The molecule has 0 bridgehead atoms. The molecular weight excluding hydrogens is 240 g/mol. The van der Waals surface area contributed by atoms with Gasteiger partial charge in [0.2, 0.25) is 11.8 Å². The molecule has 108 valence electrons. The van der Waals surface area contributed by atoms with E-state index in [0.717, 1.165) is 11.5 Å². The summed E-state index contributed by atoms with van der Waals surface area (Å²) in [6.07, 6.45) is 6.93. The van der Waals surface area contributed by atoms with Crippen molar-refractivity contribution in [3.8, 4) is 0 Å². The van der Waals surface area contributed by atoms with Crippen molar-refractivity contribution in [2.75, 3.05) is 20.6 Å². The van der Waals surface area contributed by atoms with E-state index in [-0.39, 0.29) is 18.4 Å². The van der Waals surface area contributed by atoms with Gasteiger partial charge in [-0.05, 0) is 31.6 Å². The van der Waals surface area contributed by atoms with E-state index >= 15 is 0 Å². The smallest absolute Gasteiger partial charge is 0.249 e. The summed E-state index contributed by atoms with van der Waals surface area (Å²) >= 11 is 0. The molecule has 1 aliphatic rings. The fourth-order valence-electron chi connectivity index (χ4n) is 2.54. The standard InChI is InChI=1S/C15H26N2O2/c1-11-5-7-13(8-6-11)9-12(2)15(19)17(4)10-14(18)16-3/h9,11,13H,5-8,10H2,1-4H3,(H,16,18)/b12-9-. The van der Waals surface area contributed by atoms with Crippen molar-refractivity contribution in [3.05, 3.63) is 11.6 Å². The Morgan fingerprint density at radius 3 is 2.37 bits per heavy atom. The van der Waals surface area contributed by atoms with Crippen LogP contribution in [0.3, 0.4) is 0 Å². The number of nitrogens with one attached hydrogen (secondary N) is 1. The van der Waals surface area contributed by atoms with Crippen molar-refractivity contribution in [1.82, 2.24) is 10.2 Å². The quantitative estimate of drug-likeness (QED) is 0.791. The van der Waals surface area contributed by atoms with Crippen LogP contribution in [0.4, 0.5) is 0 Å². The van der Waals surface area contributed by atoms with Gasteiger partial charge in [0.15, 0.2) is 0 Å². The van der Waals surface area contributed by atoms with Crippen molar-refractivity contribution in [2.45, 2.75) is 39.5 Å². The highest BCUT2D eigenvalue weighted by atomic mass is 16.2. The van der Waals surface area contributed by atoms with Crippen LogP contribution in [-0.4, -0.2) is 37.4 Å². The van der Waals surface area contributed by atoms with Crippen LogP contribution in [0.2, 0.25) is 0 Å². The van der Waals surface area contributed by atoms with Crippen molar-refractivity contribution < 1.29 is 9.59 Å². The maximum atomic E-state index is 12.1. The Labute approximate surface area is 116 Å². The highest BCUT2D eigenvalue weighted by molar-refractivity contribution is 5.95. The van der Waals surface area contributed by atoms with Gasteiger partial charge in [-0.25, -0.2) is 0 Å².